The Hall–Kier alpha value is -4.71. The number of esters is 1. The Kier molecular flexibility index (Phi) is 8.43. The summed E-state index contributed by atoms with van der Waals surface area (Å²) in [6, 6.07) is 5.73. The van der Waals surface area contributed by atoms with E-state index in [-0.39, 0.29) is 56.3 Å². The predicted molar refractivity (Wildman–Crippen MR) is 149 cm³/mol. The van der Waals surface area contributed by atoms with Crippen LogP contribution >= 0.6 is 11.3 Å². The van der Waals surface area contributed by atoms with E-state index in [0.717, 1.165) is 22.3 Å². The van der Waals surface area contributed by atoms with Crippen molar-refractivity contribution in [2.75, 3.05) is 32.8 Å². The van der Waals surface area contributed by atoms with Gasteiger partial charge in [0.2, 0.25) is 5.75 Å². The van der Waals surface area contributed by atoms with E-state index in [9.17, 15) is 23.9 Å². The average molecular weight is 583 g/mol. The number of aliphatic hydroxyl groups is 1. The number of aromatic nitrogens is 1. The van der Waals surface area contributed by atoms with E-state index in [1.165, 1.54) is 51.7 Å². The molecule has 1 unspecified atom stereocenters. The molecule has 1 N–H and O–H groups in total. The molecule has 214 valence electrons. The van der Waals surface area contributed by atoms with Crippen LogP contribution in [0, 0.1) is 19.7 Å². The molecule has 1 atom stereocenters. The molecule has 2 heterocycles. The number of rotatable bonds is 9. The highest BCUT2D eigenvalue weighted by Crippen LogP contribution is 2.48. The Balaban J connectivity index is 1.99. The highest BCUT2D eigenvalue weighted by Gasteiger charge is 2.49. The zero-order chi connectivity index (χ0) is 30.0. The second kappa shape index (κ2) is 11.8. The molecule has 3 aromatic rings. The molecule has 0 spiro atoms. The molecule has 1 saturated heterocycles. The first-order valence-electron chi connectivity index (χ1n) is 12.2. The Labute approximate surface area is 239 Å². The van der Waals surface area contributed by atoms with Crippen LogP contribution in [0.1, 0.15) is 38.1 Å². The number of methoxy groups -OCH3 is 3. The third-order valence-electron chi connectivity index (χ3n) is 6.40. The Morgan fingerprint density at radius 2 is 1.78 bits per heavy atom. The lowest BCUT2D eigenvalue weighted by atomic mass is 9.94. The summed E-state index contributed by atoms with van der Waals surface area (Å²) in [5.41, 5.74) is 0.558. The zero-order valence-corrected chi connectivity index (χ0v) is 23.8. The highest BCUT2D eigenvalue weighted by atomic mass is 32.1. The smallest absolute Gasteiger partial charge is 0.350 e. The van der Waals surface area contributed by atoms with Crippen molar-refractivity contribution in [3.8, 4) is 17.2 Å². The molecule has 0 bridgehead atoms. The number of ketones is 1. The molecule has 1 fully saturated rings. The van der Waals surface area contributed by atoms with Crippen molar-refractivity contribution < 1.29 is 42.8 Å². The van der Waals surface area contributed by atoms with Crippen LogP contribution in [-0.4, -0.2) is 55.7 Å². The summed E-state index contributed by atoms with van der Waals surface area (Å²) in [5.74, 6) is -3.23. The molecule has 0 radical (unpaired) electrons. The molecule has 4 rings (SSSR count). The molecule has 12 heteroatoms. The van der Waals surface area contributed by atoms with Crippen molar-refractivity contribution >= 4 is 39.9 Å². The van der Waals surface area contributed by atoms with Crippen molar-refractivity contribution in [3.63, 3.8) is 0 Å². The van der Waals surface area contributed by atoms with Gasteiger partial charge in [0.1, 0.15) is 23.1 Å². The number of benzene rings is 2. The van der Waals surface area contributed by atoms with Gasteiger partial charge in [0.05, 0.1) is 38.6 Å². The Bertz CT molecular complexity index is 1570. The van der Waals surface area contributed by atoms with E-state index in [2.05, 4.69) is 11.6 Å². The predicted octanol–water partition coefficient (Wildman–Crippen LogP) is 4.89. The monoisotopic (exact) mass is 582 g/mol. The largest absolute Gasteiger partial charge is 0.507 e. The highest BCUT2D eigenvalue weighted by molar-refractivity contribution is 7.17. The molecule has 41 heavy (non-hydrogen) atoms. The summed E-state index contributed by atoms with van der Waals surface area (Å²) in [6.45, 7) is 6.60. The minimum atomic E-state index is -1.27. The molecular weight excluding hydrogens is 555 g/mol. The molecule has 10 nitrogen and oxygen atoms in total. The number of anilines is 1. The first kappa shape index (κ1) is 29.3. The second-order valence-corrected chi connectivity index (χ2v) is 9.87. The summed E-state index contributed by atoms with van der Waals surface area (Å²) in [7, 11) is 4.22. The van der Waals surface area contributed by atoms with Crippen molar-refractivity contribution in [1.29, 1.82) is 0 Å². The van der Waals surface area contributed by atoms with Crippen LogP contribution < -0.4 is 19.1 Å². The van der Waals surface area contributed by atoms with E-state index in [0.29, 0.717) is 5.56 Å². The number of Topliss-reactive ketones (excluding diaryl/α,β-unsaturated/α-hetero) is 1. The normalized spacial score (nSPS) is 16.0. The first-order valence-corrected chi connectivity index (χ1v) is 13.0. The lowest BCUT2D eigenvalue weighted by Gasteiger charge is -2.24. The standard InChI is InChI=1S/C29H27FN2O8S/c1-7-10-40-28(36)26-15(3)31-29(41-26)32-22(17-12-19(37-4)25(39-6)20(13-17)38-5)21(24(34)27(32)35)23(33)16-9-8-14(2)18(30)11-16/h7-9,11-13,22,33H,1,10H2,2-6H3/b23-21-. The maximum absolute atomic E-state index is 14.5. The van der Waals surface area contributed by atoms with Crippen molar-refractivity contribution in [2.24, 2.45) is 0 Å². The van der Waals surface area contributed by atoms with E-state index in [4.69, 9.17) is 18.9 Å². The van der Waals surface area contributed by atoms with Gasteiger partial charge in [-0.2, -0.15) is 0 Å². The molecule has 0 saturated carbocycles. The number of carbonyl (C=O) groups is 3. The number of hydrogen-bond donors (Lipinski definition) is 1. The van der Waals surface area contributed by atoms with Crippen LogP contribution in [0.2, 0.25) is 0 Å². The molecular formula is C29H27FN2O8S. The van der Waals surface area contributed by atoms with E-state index < -0.39 is 35.3 Å². The number of aliphatic hydroxyl groups excluding tert-OH is 1. The SMILES string of the molecule is C=CCOC(=O)c1sc(N2C(=O)C(=O)/C(=C(\O)c3ccc(C)c(F)c3)C2c2cc(OC)c(OC)c(OC)c2)nc1C. The van der Waals surface area contributed by atoms with E-state index in [1.807, 2.05) is 0 Å². The van der Waals surface area contributed by atoms with Crippen molar-refractivity contribution in [3.05, 3.63) is 81.6 Å². The molecule has 1 aliphatic heterocycles. The zero-order valence-electron chi connectivity index (χ0n) is 22.9. The van der Waals surface area contributed by atoms with Crippen molar-refractivity contribution in [2.45, 2.75) is 19.9 Å². The molecule has 1 aromatic heterocycles. The lowest BCUT2D eigenvalue weighted by molar-refractivity contribution is -0.132. The minimum absolute atomic E-state index is 0.00282. The van der Waals surface area contributed by atoms with Gasteiger partial charge >= 0.3 is 11.9 Å². The fraction of sp³-hybridized carbons (Fsp3) is 0.241. The van der Waals surface area contributed by atoms with Crippen LogP contribution in [0.3, 0.4) is 0 Å². The third-order valence-corrected chi connectivity index (χ3v) is 7.54. The first-order chi connectivity index (χ1) is 19.6. The van der Waals surface area contributed by atoms with Gasteiger partial charge in [0.15, 0.2) is 16.6 Å². The summed E-state index contributed by atoms with van der Waals surface area (Å²) in [4.78, 5) is 45.3. The van der Waals surface area contributed by atoms with Gasteiger partial charge in [-0.25, -0.2) is 14.2 Å². The summed E-state index contributed by atoms with van der Waals surface area (Å²) in [6.07, 6.45) is 1.41. The third kappa shape index (κ3) is 5.25. The van der Waals surface area contributed by atoms with Gasteiger partial charge in [0, 0.05) is 5.56 Å². The topological polar surface area (TPSA) is 124 Å². The molecule has 1 aliphatic rings. The van der Waals surface area contributed by atoms with Gasteiger partial charge < -0.3 is 24.1 Å². The Morgan fingerprint density at radius 3 is 2.34 bits per heavy atom. The van der Waals surface area contributed by atoms with Gasteiger partial charge in [0.25, 0.3) is 5.78 Å². The quantitative estimate of drug-likeness (QED) is 0.123. The van der Waals surface area contributed by atoms with Gasteiger partial charge in [-0.15, -0.1) is 0 Å². The van der Waals surface area contributed by atoms with Gasteiger partial charge in [-0.3, -0.25) is 14.5 Å². The lowest BCUT2D eigenvalue weighted by Crippen LogP contribution is -2.29. The van der Waals surface area contributed by atoms with Crippen LogP contribution in [-0.2, 0) is 14.3 Å². The van der Waals surface area contributed by atoms with Crippen LogP contribution in [0.4, 0.5) is 9.52 Å². The number of halogens is 1. The average Bonchev–Trinajstić information content (AvgIpc) is 3.47. The number of thiazole rings is 1. The van der Waals surface area contributed by atoms with Crippen LogP contribution in [0.15, 0.2) is 48.6 Å². The fourth-order valence-electron chi connectivity index (χ4n) is 4.37. The number of carbonyl (C=O) groups excluding carboxylic acids is 3. The van der Waals surface area contributed by atoms with E-state index in [1.54, 1.807) is 13.8 Å². The van der Waals surface area contributed by atoms with Crippen molar-refractivity contribution in [1.82, 2.24) is 4.98 Å². The van der Waals surface area contributed by atoms with E-state index >= 15 is 0 Å². The number of amides is 1. The number of nitrogens with zero attached hydrogens (tertiary/aromatic N) is 2. The van der Waals surface area contributed by atoms with Crippen LogP contribution in [0.25, 0.3) is 5.76 Å². The second-order valence-electron chi connectivity index (χ2n) is 8.89. The summed E-state index contributed by atoms with van der Waals surface area (Å²) < 4.78 is 35.9. The number of ether oxygens (including phenoxy) is 4. The maximum Gasteiger partial charge on any atom is 0.350 e. The van der Waals surface area contributed by atoms with Gasteiger partial charge in [-0.05, 0) is 43.2 Å². The molecule has 1 amide bonds. The maximum atomic E-state index is 14.5. The molecule has 2 aromatic carbocycles. The van der Waals surface area contributed by atoms with Gasteiger partial charge in [-0.1, -0.05) is 36.1 Å². The number of hydrogen-bond acceptors (Lipinski definition) is 10. The summed E-state index contributed by atoms with van der Waals surface area (Å²) in [5, 5.41) is 11.3. The van der Waals surface area contributed by atoms with Crippen LogP contribution in [0.5, 0.6) is 17.2 Å². The minimum Gasteiger partial charge on any atom is -0.507 e. The Morgan fingerprint density at radius 1 is 1.12 bits per heavy atom. The number of aryl methyl sites for hydroxylation is 2. The molecule has 0 aliphatic carbocycles. The fourth-order valence-corrected chi connectivity index (χ4v) is 5.36. The summed E-state index contributed by atoms with van der Waals surface area (Å²) >= 11 is 0.843.